The quantitative estimate of drug-likeness (QED) is 0.0269. The maximum absolute atomic E-state index is 14.4. The molecule has 32 N–H and O–H groups in total. The van der Waals surface area contributed by atoms with Crippen LogP contribution in [0.2, 0.25) is 0 Å². The normalized spacial score (nSPS) is 16.8. The van der Waals surface area contributed by atoms with E-state index in [-0.39, 0.29) is 82.0 Å². The fourth-order valence-electron chi connectivity index (χ4n) is 15.0. The van der Waals surface area contributed by atoms with E-state index >= 15 is 0 Å². The van der Waals surface area contributed by atoms with Gasteiger partial charge in [-0.15, -0.1) is 0 Å². The molecule has 1 aromatic carbocycles. The predicted octanol–water partition coefficient (Wildman–Crippen LogP) is -10.2. The van der Waals surface area contributed by atoms with Gasteiger partial charge in [0.2, 0.25) is 130 Å². The van der Waals surface area contributed by atoms with E-state index < -0.39 is 340 Å². The molecule has 2 aliphatic heterocycles. The Bertz CT molecular complexity index is 4710. The SMILES string of the molecule is CC[C@H](C)[C@H](N)C(=O)N[C@@H](CCCCN)C(=O)N[C@@H](C)C(=O)N[C@@H](CO)C(=O)NCC(=O)N[C@@H](CC(N)=O)C(=O)N1CCC[C@H]1C(=O)N[C@@H](CC(=O)O)C(=O)N[C@@H](CCSC)C(=O)N[C@@H](C)C(=O)N[C@@H](CC(C)C)C(=O)N[C@H](C(=O)N[C@H](C(=O)N[C@@H](CC(N)=O)C(=O)N[C@@H](CCC(N)=O)C(=O)NCC(=O)N1CCC[C@H]1C(=O)N[C@@H](CCC(=O)O)C(=O)N[C@@H](Cc1ccccc1)C(=O)N[C@@H](CO)C(=O)O)C(C)C)C(C)C. The van der Waals surface area contributed by atoms with Gasteiger partial charge in [-0.1, -0.05) is 92.1 Å². The van der Waals surface area contributed by atoms with Crippen LogP contribution in [0.5, 0.6) is 0 Å². The van der Waals surface area contributed by atoms with Crippen molar-refractivity contribution in [1.82, 2.24) is 100 Å². The van der Waals surface area contributed by atoms with E-state index in [1.54, 1.807) is 57.4 Å². The molecule has 2 fully saturated rings. The molecule has 2 heterocycles. The molecule has 1 aromatic rings. The van der Waals surface area contributed by atoms with Crippen LogP contribution >= 0.6 is 11.8 Å². The van der Waals surface area contributed by atoms with Gasteiger partial charge in [0, 0.05) is 32.4 Å². The van der Waals surface area contributed by atoms with Gasteiger partial charge >= 0.3 is 17.9 Å². The zero-order valence-electron chi connectivity index (χ0n) is 83.1. The highest BCUT2D eigenvalue weighted by Crippen LogP contribution is 2.23. The zero-order valence-corrected chi connectivity index (χ0v) is 83.9. The Hall–Kier alpha value is -13.8. The number of aliphatic hydroxyl groups is 2. The number of rotatable bonds is 66. The molecule has 22 amide bonds. The van der Waals surface area contributed by atoms with Gasteiger partial charge in [-0.3, -0.25) is 115 Å². The fourth-order valence-corrected chi connectivity index (χ4v) is 15.5. The molecule has 0 saturated carbocycles. The first-order valence-electron chi connectivity index (χ1n) is 47.6. The molecule has 0 bridgehead atoms. The number of hydrogen-bond acceptors (Lipinski definition) is 30. The summed E-state index contributed by atoms with van der Waals surface area (Å²) in [6.07, 6.45) is -2.53. The Morgan fingerprint density at radius 1 is 0.414 bits per heavy atom. The number of likely N-dealkylation sites (tertiary alicyclic amines) is 2. The minimum Gasteiger partial charge on any atom is -0.481 e. The van der Waals surface area contributed by atoms with Crippen LogP contribution in [0.15, 0.2) is 30.3 Å². The van der Waals surface area contributed by atoms with Gasteiger partial charge in [0.1, 0.15) is 103 Å². The molecular weight excluding hydrogens is 1930 g/mol. The molecule has 2 aliphatic rings. The number of thioether (sulfide) groups is 1. The summed E-state index contributed by atoms with van der Waals surface area (Å²) in [6, 6.07) is -20.3. The Balaban J connectivity index is 1.76. The number of amides is 22. The lowest BCUT2D eigenvalue weighted by atomic mass is 9.97. The second kappa shape index (κ2) is 63.3. The Kier molecular flexibility index (Phi) is 54.7. The van der Waals surface area contributed by atoms with Gasteiger partial charge in [-0.25, -0.2) is 4.79 Å². The van der Waals surface area contributed by atoms with Crippen LogP contribution in [0.1, 0.15) is 184 Å². The Morgan fingerprint density at radius 3 is 1.34 bits per heavy atom. The highest BCUT2D eigenvalue weighted by molar-refractivity contribution is 7.98. The average Bonchev–Trinajstić information content (AvgIpc) is 1.72. The topological polar surface area (TPSA) is 869 Å². The number of primary amides is 3. The molecule has 2 saturated heterocycles. The van der Waals surface area contributed by atoms with E-state index in [0.29, 0.717) is 31.4 Å². The highest BCUT2D eigenvalue weighted by atomic mass is 32.2. The Labute approximate surface area is 841 Å². The number of nitrogens with one attached hydrogen (secondary N) is 17. The van der Waals surface area contributed by atoms with Crippen LogP contribution in [0.4, 0.5) is 0 Å². The van der Waals surface area contributed by atoms with E-state index in [4.69, 9.17) is 28.7 Å². The van der Waals surface area contributed by atoms with Gasteiger partial charge in [0.05, 0.1) is 51.6 Å². The third-order valence-corrected chi connectivity index (χ3v) is 24.1. The third-order valence-electron chi connectivity index (χ3n) is 23.5. The van der Waals surface area contributed by atoms with Crippen LogP contribution in [0.3, 0.4) is 0 Å². The number of carbonyl (C=O) groups is 25. The molecule has 0 spiro atoms. The summed E-state index contributed by atoms with van der Waals surface area (Å²) in [5.74, 6) is -29.7. The van der Waals surface area contributed by atoms with Gasteiger partial charge in [0.15, 0.2) is 0 Å². The van der Waals surface area contributed by atoms with Crippen molar-refractivity contribution in [3.63, 3.8) is 0 Å². The fraction of sp³-hybridized carbons (Fsp3) is 0.656. The first-order chi connectivity index (χ1) is 68.1. The van der Waals surface area contributed by atoms with Crippen molar-refractivity contribution < 1.29 is 145 Å². The molecule has 55 heteroatoms. The summed E-state index contributed by atoms with van der Waals surface area (Å²) in [6.45, 7) is 11.4. The van der Waals surface area contributed by atoms with Crippen LogP contribution in [0, 0.1) is 23.7 Å². The largest absolute Gasteiger partial charge is 0.481 e. The minimum atomic E-state index is -1.98. The molecule has 3 rings (SSSR count). The predicted molar refractivity (Wildman–Crippen MR) is 515 cm³/mol. The number of hydrogen-bond donors (Lipinski definition) is 27. The van der Waals surface area contributed by atoms with Gasteiger partial charge in [-0.05, 0) is 132 Å². The van der Waals surface area contributed by atoms with Crippen molar-refractivity contribution in [2.45, 2.75) is 294 Å². The van der Waals surface area contributed by atoms with Crippen LogP contribution < -0.4 is 119 Å². The smallest absolute Gasteiger partial charge is 0.328 e. The van der Waals surface area contributed by atoms with Gasteiger partial charge in [-0.2, -0.15) is 11.8 Å². The number of carboxylic acid groups (broad SMARTS) is 3. The molecule has 0 aliphatic carbocycles. The number of nitrogens with two attached hydrogens (primary N) is 5. The lowest BCUT2D eigenvalue weighted by molar-refractivity contribution is -0.144. The number of carbonyl (C=O) groups excluding carboxylic acids is 22. The molecule has 54 nitrogen and oxygen atoms in total. The third kappa shape index (κ3) is 43.7. The standard InChI is InChI=1S/C90H144N24O30S/c1-12-46(8)70(95)86(139)104-50(22-16-17-30-91)77(130)98-48(10)74(127)109-59(41-115)76(129)96-39-66(120)100-58(37-65(94)119)89(142)114-32-19-24-62(114)85(138)107-57(38-69(124)125)82(135)102-53(29-33-145-11)78(131)99-47(9)73(126)105-54(34-43(2)3)83(136)111-72(45(6)7)88(141)112-71(44(4)5)87(140)108-56(36-64(93)118)81(134)101-51(25-27-63(92)117)75(128)97-40-67(121)113-31-18-23-61(113)84(137)103-52(26-28-68(122)123)79(132)106-55(35-49-20-14-13-15-21-49)80(133)110-60(42-116)90(143)144/h13-15,20-21,43-48,50-62,70-72,115-116H,12,16-19,22-42,91,95H2,1-11H3,(H2,92,117)(H2,93,118)(H2,94,119)(H,96,129)(H,97,128)(H,98,130)(H,99,131)(H,100,120)(H,101,134)(H,102,135)(H,103,137)(H,104,139)(H,105,126)(H,106,132)(H,107,138)(H,108,140)(H,109,127)(H,110,133)(H,111,136)(H,112,141)(H,122,123)(H,124,125)(H,143,144)/t46-,47-,48-,50-,51-,52-,53-,54-,55-,56-,57-,58-,59-,60-,61-,62-,70-,71-,72-/m0/s1. The van der Waals surface area contributed by atoms with E-state index in [1.165, 1.54) is 53.3 Å². The molecule has 0 unspecified atom stereocenters. The number of benzene rings is 1. The number of unbranched alkanes of at least 4 members (excludes halogenated alkanes) is 1. The summed E-state index contributed by atoms with van der Waals surface area (Å²) in [5, 5.41) is 89.2. The molecule has 0 radical (unpaired) electrons. The second-order valence-electron chi connectivity index (χ2n) is 36.4. The van der Waals surface area contributed by atoms with Crippen molar-refractivity contribution in [3.05, 3.63) is 35.9 Å². The monoisotopic (exact) mass is 2070 g/mol. The maximum Gasteiger partial charge on any atom is 0.328 e. The van der Waals surface area contributed by atoms with E-state index in [9.17, 15) is 145 Å². The van der Waals surface area contributed by atoms with Crippen molar-refractivity contribution >= 4 is 160 Å². The van der Waals surface area contributed by atoms with Gasteiger partial charge in [0.25, 0.3) is 0 Å². The summed E-state index contributed by atoms with van der Waals surface area (Å²) in [7, 11) is 0. The van der Waals surface area contributed by atoms with E-state index in [1.807, 2.05) is 6.92 Å². The van der Waals surface area contributed by atoms with Crippen molar-refractivity contribution in [2.75, 3.05) is 57.9 Å². The van der Waals surface area contributed by atoms with Gasteiger partial charge < -0.3 is 154 Å². The number of carboxylic acids is 3. The molecule has 810 valence electrons. The summed E-state index contributed by atoms with van der Waals surface area (Å²) >= 11 is 1.20. The minimum absolute atomic E-state index is 0.0314. The van der Waals surface area contributed by atoms with E-state index in [0.717, 1.165) is 9.80 Å². The Morgan fingerprint density at radius 2 is 0.834 bits per heavy atom. The summed E-state index contributed by atoms with van der Waals surface area (Å²) in [5.41, 5.74) is 28.6. The summed E-state index contributed by atoms with van der Waals surface area (Å²) < 4.78 is 0. The van der Waals surface area contributed by atoms with Crippen molar-refractivity contribution in [3.8, 4) is 0 Å². The first kappa shape index (κ1) is 125. The molecule has 145 heavy (non-hydrogen) atoms. The van der Waals surface area contributed by atoms with Crippen LogP contribution in [0.25, 0.3) is 0 Å². The lowest BCUT2D eigenvalue weighted by Crippen LogP contribution is -2.62. The molecular formula is C90H144N24O30S. The average molecular weight is 2070 g/mol. The number of aliphatic hydroxyl groups excluding tert-OH is 2. The van der Waals surface area contributed by atoms with Crippen LogP contribution in [-0.4, -0.2) is 350 Å². The first-order valence-corrected chi connectivity index (χ1v) is 49.0. The van der Waals surface area contributed by atoms with Crippen LogP contribution in [-0.2, 0) is 126 Å². The number of aliphatic carboxylic acids is 3. The van der Waals surface area contributed by atoms with Crippen molar-refractivity contribution in [1.29, 1.82) is 0 Å². The second-order valence-corrected chi connectivity index (χ2v) is 37.4. The van der Waals surface area contributed by atoms with Crippen molar-refractivity contribution in [2.24, 2.45) is 52.3 Å². The molecule has 0 aromatic heterocycles. The lowest BCUT2D eigenvalue weighted by Gasteiger charge is -2.30. The number of nitrogens with zero attached hydrogens (tertiary/aromatic N) is 2. The molecule has 19 atom stereocenters. The van der Waals surface area contributed by atoms with E-state index in [2.05, 4.69) is 90.4 Å². The summed E-state index contributed by atoms with van der Waals surface area (Å²) in [4.78, 5) is 339. The maximum atomic E-state index is 14.4. The zero-order chi connectivity index (χ0) is 110. The highest BCUT2D eigenvalue weighted by Gasteiger charge is 2.44.